The van der Waals surface area contributed by atoms with Gasteiger partial charge in [0.25, 0.3) is 0 Å². The highest BCUT2D eigenvalue weighted by Crippen LogP contribution is 2.38. The number of likely N-dealkylation sites (tertiary alicyclic amines) is 1. The van der Waals surface area contributed by atoms with Gasteiger partial charge in [0, 0.05) is 49.9 Å². The van der Waals surface area contributed by atoms with E-state index in [0.29, 0.717) is 0 Å². The van der Waals surface area contributed by atoms with E-state index < -0.39 is 0 Å². The highest BCUT2D eigenvalue weighted by atomic mass is 19.1. The quantitative estimate of drug-likeness (QED) is 0.894. The van der Waals surface area contributed by atoms with Crippen LogP contribution in [0.2, 0.25) is 0 Å². The van der Waals surface area contributed by atoms with Gasteiger partial charge in [0.2, 0.25) is 0 Å². The van der Waals surface area contributed by atoms with Crippen molar-refractivity contribution in [1.82, 2.24) is 10.2 Å². The zero-order valence-corrected chi connectivity index (χ0v) is 14.5. The lowest BCUT2D eigenvalue weighted by molar-refractivity contribution is 0.152. The Balaban J connectivity index is 1.34. The topological polar surface area (TPSA) is 44.8 Å². The molecule has 3 aliphatic heterocycles. The van der Waals surface area contributed by atoms with Crippen LogP contribution in [-0.2, 0) is 4.74 Å². The van der Waals surface area contributed by atoms with E-state index in [4.69, 9.17) is 4.74 Å². The number of benzene rings is 1. The van der Waals surface area contributed by atoms with Crippen LogP contribution in [-0.4, -0.2) is 56.4 Å². The summed E-state index contributed by atoms with van der Waals surface area (Å²) in [5.74, 6) is -0.218. The fraction of sp³-hybridized carbons (Fsp3) is 0.632. The molecule has 2 amide bonds. The van der Waals surface area contributed by atoms with Gasteiger partial charge in [-0.1, -0.05) is 6.07 Å². The number of ether oxygens (including phenoxy) is 1. The van der Waals surface area contributed by atoms with Crippen molar-refractivity contribution in [2.75, 3.05) is 44.3 Å². The minimum absolute atomic E-state index is 0.0369. The fourth-order valence-corrected chi connectivity index (χ4v) is 4.35. The van der Waals surface area contributed by atoms with Crippen LogP contribution in [0, 0.1) is 11.2 Å². The summed E-state index contributed by atoms with van der Waals surface area (Å²) in [7, 11) is 0. The number of piperidine rings is 1. The molecule has 25 heavy (non-hydrogen) atoms. The van der Waals surface area contributed by atoms with Crippen molar-refractivity contribution in [1.29, 1.82) is 0 Å². The maximum absolute atomic E-state index is 13.5. The minimum Gasteiger partial charge on any atom is -0.381 e. The first kappa shape index (κ1) is 16.6. The van der Waals surface area contributed by atoms with Crippen LogP contribution in [0.25, 0.3) is 0 Å². The lowest BCUT2D eigenvalue weighted by Crippen LogP contribution is -2.51. The molecule has 3 aliphatic rings. The van der Waals surface area contributed by atoms with E-state index >= 15 is 0 Å². The SMILES string of the molecule is O=C(N[C@H]1CCCN(c2cccc(F)c2)C1)N1CC[C@]2(CCOC2)C1. The monoisotopic (exact) mass is 347 g/mol. The predicted molar refractivity (Wildman–Crippen MR) is 94.2 cm³/mol. The maximum Gasteiger partial charge on any atom is 0.317 e. The molecular formula is C19H26FN3O2. The van der Waals surface area contributed by atoms with Crippen LogP contribution >= 0.6 is 0 Å². The fourth-order valence-electron chi connectivity index (χ4n) is 4.35. The first-order valence-electron chi connectivity index (χ1n) is 9.27. The second kappa shape index (κ2) is 6.83. The molecule has 1 N–H and O–H groups in total. The van der Waals surface area contributed by atoms with Crippen LogP contribution in [0.4, 0.5) is 14.9 Å². The standard InChI is InChI=1S/C19H26FN3O2/c20-15-3-1-5-17(11-15)22-8-2-4-16(12-22)21-18(24)23-9-6-19(13-23)7-10-25-14-19/h1,3,5,11,16H,2,4,6-10,12-14H2,(H,21,24)/t16-,19-/m0/s1. The molecule has 5 nitrogen and oxygen atoms in total. The summed E-state index contributed by atoms with van der Waals surface area (Å²) in [4.78, 5) is 16.7. The third-order valence-corrected chi connectivity index (χ3v) is 5.83. The number of nitrogens with zero attached hydrogens (tertiary/aromatic N) is 2. The second-order valence-corrected chi connectivity index (χ2v) is 7.69. The second-order valence-electron chi connectivity index (χ2n) is 7.69. The predicted octanol–water partition coefficient (Wildman–Crippen LogP) is 2.62. The van der Waals surface area contributed by atoms with Crippen molar-refractivity contribution < 1.29 is 13.9 Å². The Kier molecular flexibility index (Phi) is 4.54. The van der Waals surface area contributed by atoms with E-state index in [9.17, 15) is 9.18 Å². The maximum atomic E-state index is 13.5. The Labute approximate surface area is 148 Å². The Hall–Kier alpha value is -1.82. The van der Waals surface area contributed by atoms with Crippen molar-refractivity contribution in [3.63, 3.8) is 0 Å². The van der Waals surface area contributed by atoms with Gasteiger partial charge in [-0.2, -0.15) is 0 Å². The van der Waals surface area contributed by atoms with Gasteiger partial charge in [-0.05, 0) is 43.9 Å². The molecule has 0 unspecified atom stereocenters. The zero-order valence-electron chi connectivity index (χ0n) is 14.5. The number of hydrogen-bond acceptors (Lipinski definition) is 3. The molecule has 136 valence electrons. The van der Waals surface area contributed by atoms with Gasteiger partial charge in [0.05, 0.1) is 6.61 Å². The first-order chi connectivity index (χ1) is 12.1. The smallest absolute Gasteiger partial charge is 0.317 e. The first-order valence-corrected chi connectivity index (χ1v) is 9.27. The summed E-state index contributed by atoms with van der Waals surface area (Å²) in [6.45, 7) is 4.86. The summed E-state index contributed by atoms with van der Waals surface area (Å²) in [6, 6.07) is 6.84. The summed E-state index contributed by atoms with van der Waals surface area (Å²) in [6.07, 6.45) is 4.08. The van der Waals surface area contributed by atoms with Crippen molar-refractivity contribution in [3.8, 4) is 0 Å². The molecule has 1 aromatic carbocycles. The molecule has 4 rings (SSSR count). The molecule has 3 heterocycles. The highest BCUT2D eigenvalue weighted by molar-refractivity contribution is 5.75. The molecule has 1 aromatic rings. The molecular weight excluding hydrogens is 321 g/mol. The highest BCUT2D eigenvalue weighted by Gasteiger charge is 2.43. The molecule has 0 bridgehead atoms. The molecule has 0 aromatic heterocycles. The van der Waals surface area contributed by atoms with Crippen LogP contribution in [0.15, 0.2) is 24.3 Å². The molecule has 3 saturated heterocycles. The molecule has 2 atom stereocenters. The number of halogens is 1. The van der Waals surface area contributed by atoms with E-state index in [2.05, 4.69) is 10.2 Å². The number of carbonyl (C=O) groups excluding carboxylic acids is 1. The molecule has 0 saturated carbocycles. The van der Waals surface area contributed by atoms with Gasteiger partial charge in [-0.15, -0.1) is 0 Å². The van der Waals surface area contributed by atoms with Crippen LogP contribution in [0.1, 0.15) is 25.7 Å². The number of hydrogen-bond donors (Lipinski definition) is 1. The van der Waals surface area contributed by atoms with E-state index in [1.165, 1.54) is 6.07 Å². The van der Waals surface area contributed by atoms with Gasteiger partial charge in [-0.25, -0.2) is 9.18 Å². The molecule has 0 aliphatic carbocycles. The van der Waals surface area contributed by atoms with Crippen LogP contribution in [0.5, 0.6) is 0 Å². The van der Waals surface area contributed by atoms with Crippen molar-refractivity contribution in [3.05, 3.63) is 30.1 Å². The lowest BCUT2D eigenvalue weighted by Gasteiger charge is -2.35. The molecule has 0 radical (unpaired) electrons. The average molecular weight is 347 g/mol. The third kappa shape index (κ3) is 3.59. The number of amides is 2. The van der Waals surface area contributed by atoms with Crippen molar-refractivity contribution in [2.24, 2.45) is 5.41 Å². The molecule has 1 spiro atoms. The number of anilines is 1. The van der Waals surface area contributed by atoms with E-state index in [1.807, 2.05) is 11.0 Å². The normalized spacial score (nSPS) is 29.4. The van der Waals surface area contributed by atoms with Gasteiger partial charge >= 0.3 is 6.03 Å². The van der Waals surface area contributed by atoms with E-state index in [-0.39, 0.29) is 23.3 Å². The molecule has 6 heteroatoms. The average Bonchev–Trinajstić information content (AvgIpc) is 3.25. The van der Waals surface area contributed by atoms with Crippen molar-refractivity contribution >= 4 is 11.7 Å². The Morgan fingerprint density at radius 1 is 1.32 bits per heavy atom. The third-order valence-electron chi connectivity index (χ3n) is 5.83. The summed E-state index contributed by atoms with van der Waals surface area (Å²) >= 11 is 0. The van der Waals surface area contributed by atoms with Gasteiger partial charge < -0.3 is 19.9 Å². The van der Waals surface area contributed by atoms with Gasteiger partial charge in [-0.3, -0.25) is 0 Å². The molecule has 3 fully saturated rings. The number of rotatable bonds is 2. The minimum atomic E-state index is -0.218. The van der Waals surface area contributed by atoms with E-state index in [0.717, 1.165) is 70.8 Å². The van der Waals surface area contributed by atoms with Crippen LogP contribution < -0.4 is 10.2 Å². The number of urea groups is 1. The largest absolute Gasteiger partial charge is 0.381 e. The van der Waals surface area contributed by atoms with Gasteiger partial charge in [0.1, 0.15) is 5.82 Å². The number of carbonyl (C=O) groups is 1. The Morgan fingerprint density at radius 2 is 2.24 bits per heavy atom. The van der Waals surface area contributed by atoms with Crippen LogP contribution in [0.3, 0.4) is 0 Å². The number of nitrogens with one attached hydrogen (secondary N) is 1. The summed E-state index contributed by atoms with van der Waals surface area (Å²) in [5, 5.41) is 3.19. The van der Waals surface area contributed by atoms with Gasteiger partial charge in [0.15, 0.2) is 0 Å². The lowest BCUT2D eigenvalue weighted by atomic mass is 9.87. The Bertz CT molecular complexity index is 633. The van der Waals surface area contributed by atoms with Crippen molar-refractivity contribution in [2.45, 2.75) is 31.7 Å². The zero-order chi connectivity index (χ0) is 17.3. The Morgan fingerprint density at radius 3 is 3.04 bits per heavy atom. The van der Waals surface area contributed by atoms with E-state index in [1.54, 1.807) is 12.1 Å². The summed E-state index contributed by atoms with van der Waals surface area (Å²) in [5.41, 5.74) is 1.08. The summed E-state index contributed by atoms with van der Waals surface area (Å²) < 4.78 is 19.0.